The van der Waals surface area contributed by atoms with Crippen LogP contribution in [0.3, 0.4) is 0 Å². The molecular formula is C15H26N2O3. The summed E-state index contributed by atoms with van der Waals surface area (Å²) in [7, 11) is 0. The Morgan fingerprint density at radius 1 is 1.30 bits per heavy atom. The van der Waals surface area contributed by atoms with E-state index in [1.165, 1.54) is 0 Å². The maximum atomic E-state index is 13.0. The van der Waals surface area contributed by atoms with Crippen molar-refractivity contribution in [3.8, 4) is 0 Å². The molecular weight excluding hydrogens is 256 g/mol. The van der Waals surface area contributed by atoms with Gasteiger partial charge in [-0.25, -0.2) is 0 Å². The van der Waals surface area contributed by atoms with E-state index in [9.17, 15) is 9.59 Å². The Balaban J connectivity index is 2.17. The summed E-state index contributed by atoms with van der Waals surface area (Å²) in [5, 5.41) is 12.4. The largest absolute Gasteiger partial charge is 0.480 e. The third-order valence-corrected chi connectivity index (χ3v) is 4.93. The predicted molar refractivity (Wildman–Crippen MR) is 76.4 cm³/mol. The lowest BCUT2D eigenvalue weighted by Crippen LogP contribution is -2.55. The molecule has 2 N–H and O–H groups in total. The van der Waals surface area contributed by atoms with Gasteiger partial charge in [0.15, 0.2) is 0 Å². The van der Waals surface area contributed by atoms with Crippen LogP contribution in [0.15, 0.2) is 0 Å². The number of hydrogen-bond acceptors (Lipinski definition) is 3. The molecule has 5 nitrogen and oxygen atoms in total. The van der Waals surface area contributed by atoms with E-state index in [4.69, 9.17) is 5.11 Å². The number of amides is 1. The van der Waals surface area contributed by atoms with Gasteiger partial charge in [0.2, 0.25) is 5.91 Å². The molecule has 0 aromatic heterocycles. The summed E-state index contributed by atoms with van der Waals surface area (Å²) in [5.41, 5.74) is -0.393. The van der Waals surface area contributed by atoms with Crippen molar-refractivity contribution in [1.29, 1.82) is 0 Å². The number of carboxylic acids is 1. The number of carbonyl (C=O) groups is 2. The first kappa shape index (κ1) is 15.3. The molecule has 114 valence electrons. The SMILES string of the molecule is CCC1(C(=O)N(CC(=O)O)C2CCCC2)CCCNC1. The number of piperidine rings is 1. The van der Waals surface area contributed by atoms with Crippen molar-refractivity contribution in [2.45, 2.75) is 57.9 Å². The van der Waals surface area contributed by atoms with Crippen LogP contribution < -0.4 is 5.32 Å². The van der Waals surface area contributed by atoms with E-state index in [2.05, 4.69) is 5.32 Å². The van der Waals surface area contributed by atoms with Gasteiger partial charge in [0.05, 0.1) is 5.41 Å². The van der Waals surface area contributed by atoms with Crippen molar-refractivity contribution < 1.29 is 14.7 Å². The molecule has 1 atom stereocenters. The summed E-state index contributed by atoms with van der Waals surface area (Å²) >= 11 is 0. The van der Waals surface area contributed by atoms with Gasteiger partial charge in [0, 0.05) is 12.6 Å². The lowest BCUT2D eigenvalue weighted by atomic mass is 9.76. The van der Waals surface area contributed by atoms with Crippen LogP contribution in [-0.4, -0.2) is 47.6 Å². The van der Waals surface area contributed by atoms with Crippen LogP contribution in [0.5, 0.6) is 0 Å². The van der Waals surface area contributed by atoms with Crippen molar-refractivity contribution in [3.63, 3.8) is 0 Å². The molecule has 20 heavy (non-hydrogen) atoms. The van der Waals surface area contributed by atoms with Gasteiger partial charge >= 0.3 is 5.97 Å². The predicted octanol–water partition coefficient (Wildman–Crippen LogP) is 1.62. The molecule has 1 unspecified atom stereocenters. The molecule has 0 aromatic carbocycles. The van der Waals surface area contributed by atoms with Gasteiger partial charge in [-0.05, 0) is 38.6 Å². The summed E-state index contributed by atoms with van der Waals surface area (Å²) in [6, 6.07) is 0.129. The molecule has 0 radical (unpaired) electrons. The molecule has 1 aliphatic heterocycles. The third kappa shape index (κ3) is 3.14. The number of rotatable bonds is 5. The highest BCUT2D eigenvalue weighted by molar-refractivity contribution is 5.86. The quantitative estimate of drug-likeness (QED) is 0.804. The first-order chi connectivity index (χ1) is 9.59. The van der Waals surface area contributed by atoms with E-state index in [-0.39, 0.29) is 18.5 Å². The van der Waals surface area contributed by atoms with Crippen LogP contribution in [0.1, 0.15) is 51.9 Å². The molecule has 1 heterocycles. The number of nitrogens with one attached hydrogen (secondary N) is 1. The van der Waals surface area contributed by atoms with E-state index in [1.54, 1.807) is 4.90 Å². The second-order valence-electron chi connectivity index (χ2n) is 6.18. The zero-order valence-corrected chi connectivity index (χ0v) is 12.4. The lowest BCUT2D eigenvalue weighted by Gasteiger charge is -2.41. The van der Waals surface area contributed by atoms with Gasteiger partial charge in [0.25, 0.3) is 0 Å². The van der Waals surface area contributed by atoms with E-state index >= 15 is 0 Å². The third-order valence-electron chi connectivity index (χ3n) is 4.93. The monoisotopic (exact) mass is 282 g/mol. The minimum absolute atomic E-state index is 0.0569. The molecule has 1 saturated heterocycles. The van der Waals surface area contributed by atoms with E-state index in [1.807, 2.05) is 6.92 Å². The molecule has 2 aliphatic rings. The zero-order valence-electron chi connectivity index (χ0n) is 12.4. The topological polar surface area (TPSA) is 69.6 Å². The van der Waals surface area contributed by atoms with Crippen LogP contribution in [0.4, 0.5) is 0 Å². The molecule has 1 saturated carbocycles. The standard InChI is InChI=1S/C15H26N2O3/c1-2-15(8-5-9-16-11-15)14(20)17(10-13(18)19)12-6-3-4-7-12/h12,16H,2-11H2,1H3,(H,18,19). The summed E-state index contributed by atoms with van der Waals surface area (Å²) in [6.45, 7) is 3.53. The fraction of sp³-hybridized carbons (Fsp3) is 0.867. The highest BCUT2D eigenvalue weighted by atomic mass is 16.4. The number of aliphatic carboxylic acids is 1. The Bertz CT molecular complexity index is 358. The smallest absolute Gasteiger partial charge is 0.323 e. The van der Waals surface area contributed by atoms with Crippen molar-refractivity contribution in [2.75, 3.05) is 19.6 Å². The minimum atomic E-state index is -0.903. The molecule has 5 heteroatoms. The second kappa shape index (κ2) is 6.57. The first-order valence-electron chi connectivity index (χ1n) is 7.82. The Morgan fingerprint density at radius 3 is 2.50 bits per heavy atom. The first-order valence-corrected chi connectivity index (χ1v) is 7.82. The Morgan fingerprint density at radius 2 is 2.00 bits per heavy atom. The Kier molecular flexibility index (Phi) is 5.02. The summed E-state index contributed by atoms with van der Waals surface area (Å²) in [5.74, 6) is -0.846. The maximum absolute atomic E-state index is 13.0. The summed E-state index contributed by atoms with van der Waals surface area (Å²) in [6.07, 6.45) is 6.75. The fourth-order valence-corrected chi connectivity index (χ4v) is 3.64. The van der Waals surface area contributed by atoms with Gasteiger partial charge in [-0.1, -0.05) is 19.8 Å². The average molecular weight is 282 g/mol. The molecule has 0 spiro atoms. The molecule has 0 bridgehead atoms. The van der Waals surface area contributed by atoms with Crippen LogP contribution in [0.2, 0.25) is 0 Å². The van der Waals surface area contributed by atoms with Crippen LogP contribution in [-0.2, 0) is 9.59 Å². The minimum Gasteiger partial charge on any atom is -0.480 e. The van der Waals surface area contributed by atoms with Crippen LogP contribution in [0, 0.1) is 5.41 Å². The van der Waals surface area contributed by atoms with E-state index in [0.717, 1.165) is 51.5 Å². The summed E-state index contributed by atoms with van der Waals surface area (Å²) < 4.78 is 0. The van der Waals surface area contributed by atoms with Crippen LogP contribution in [0.25, 0.3) is 0 Å². The molecule has 1 amide bonds. The van der Waals surface area contributed by atoms with E-state index < -0.39 is 11.4 Å². The van der Waals surface area contributed by atoms with Crippen molar-refractivity contribution in [1.82, 2.24) is 10.2 Å². The number of hydrogen-bond donors (Lipinski definition) is 2. The Hall–Kier alpha value is -1.10. The van der Waals surface area contributed by atoms with Crippen molar-refractivity contribution in [3.05, 3.63) is 0 Å². The fourth-order valence-electron chi connectivity index (χ4n) is 3.64. The van der Waals surface area contributed by atoms with Crippen molar-refractivity contribution >= 4 is 11.9 Å². The normalized spacial score (nSPS) is 27.4. The zero-order chi connectivity index (χ0) is 14.6. The van der Waals surface area contributed by atoms with Gasteiger partial charge < -0.3 is 15.3 Å². The number of nitrogens with zero attached hydrogens (tertiary/aromatic N) is 1. The molecule has 2 fully saturated rings. The Labute approximate surface area is 120 Å². The highest BCUT2D eigenvalue weighted by Crippen LogP contribution is 2.35. The van der Waals surface area contributed by atoms with Gasteiger partial charge in [-0.3, -0.25) is 9.59 Å². The molecule has 2 rings (SSSR count). The van der Waals surface area contributed by atoms with Crippen LogP contribution >= 0.6 is 0 Å². The van der Waals surface area contributed by atoms with Crippen molar-refractivity contribution in [2.24, 2.45) is 5.41 Å². The maximum Gasteiger partial charge on any atom is 0.323 e. The van der Waals surface area contributed by atoms with Gasteiger partial charge in [-0.2, -0.15) is 0 Å². The lowest BCUT2D eigenvalue weighted by molar-refractivity contribution is -0.153. The highest BCUT2D eigenvalue weighted by Gasteiger charge is 2.43. The molecule has 0 aromatic rings. The number of carboxylic acid groups (broad SMARTS) is 1. The second-order valence-corrected chi connectivity index (χ2v) is 6.18. The average Bonchev–Trinajstić information content (AvgIpc) is 2.98. The molecule has 1 aliphatic carbocycles. The number of carbonyl (C=O) groups excluding carboxylic acids is 1. The van der Waals surface area contributed by atoms with Gasteiger partial charge in [0.1, 0.15) is 6.54 Å². The summed E-state index contributed by atoms with van der Waals surface area (Å²) in [4.78, 5) is 25.8. The van der Waals surface area contributed by atoms with Gasteiger partial charge in [-0.15, -0.1) is 0 Å². The van der Waals surface area contributed by atoms with E-state index in [0.29, 0.717) is 6.54 Å².